The number of carbonyl (C=O) groups excluding carboxylic acids is 5. The summed E-state index contributed by atoms with van der Waals surface area (Å²) in [7, 11) is 0. The molecule has 5 amide bonds. The summed E-state index contributed by atoms with van der Waals surface area (Å²) in [6.07, 6.45) is -1.35. The third-order valence-electron chi connectivity index (χ3n) is 6.88. The monoisotopic (exact) mass is 619 g/mol. The molecule has 0 radical (unpaired) electrons. The maximum Gasteiger partial charge on any atom is 0.335 e. The van der Waals surface area contributed by atoms with Crippen LogP contribution in [0.15, 0.2) is 24.3 Å². The Balaban J connectivity index is 2.85. The highest BCUT2D eigenvalue weighted by molar-refractivity contribution is 5.92. The highest BCUT2D eigenvalue weighted by Crippen LogP contribution is 2.13. The highest BCUT2D eigenvalue weighted by Gasteiger charge is 2.31. The second-order valence-electron chi connectivity index (χ2n) is 12.2. The molecule has 0 aliphatic heterocycles. The highest BCUT2D eigenvalue weighted by atomic mass is 16.4. The van der Waals surface area contributed by atoms with Crippen LogP contribution >= 0.6 is 0 Å². The Morgan fingerprint density at radius 1 is 0.773 bits per heavy atom. The lowest BCUT2D eigenvalue weighted by Gasteiger charge is -2.29. The minimum Gasteiger partial charge on any atom is -0.478 e. The number of carboxylic acids is 1. The van der Waals surface area contributed by atoms with Crippen molar-refractivity contribution in [2.45, 2.75) is 105 Å². The van der Waals surface area contributed by atoms with Gasteiger partial charge in [-0.15, -0.1) is 0 Å². The number of hydrogen-bond acceptors (Lipinski definition) is 7. The lowest BCUT2D eigenvalue weighted by molar-refractivity contribution is -0.133. The summed E-state index contributed by atoms with van der Waals surface area (Å²) in [6.45, 7) is 13.6. The molecule has 13 heteroatoms. The number of aliphatic hydroxyl groups excluding tert-OH is 1. The molecule has 0 saturated carbocycles. The third kappa shape index (κ3) is 13.1. The SMILES string of the molecule is CC(=O)N[C@H](C(=O)N[C@@H](C)C(=O)N[C@@H](CC(C)C)[C@@H](O)CC(=O)N[C@H](C(=O)NCc1cccc(C(=O)O)c1)C(C)C)C(C)C. The number of aromatic carboxylic acids is 1. The Hall–Kier alpha value is -4.00. The molecule has 1 aromatic rings. The number of hydrogen-bond donors (Lipinski definition) is 7. The van der Waals surface area contributed by atoms with E-state index in [1.807, 2.05) is 13.8 Å². The second-order valence-corrected chi connectivity index (χ2v) is 12.2. The van der Waals surface area contributed by atoms with Crippen molar-refractivity contribution in [1.29, 1.82) is 0 Å². The van der Waals surface area contributed by atoms with E-state index in [9.17, 15) is 39.0 Å². The van der Waals surface area contributed by atoms with Gasteiger partial charge in [-0.25, -0.2) is 4.79 Å². The quantitative estimate of drug-likeness (QED) is 0.134. The number of carbonyl (C=O) groups is 6. The smallest absolute Gasteiger partial charge is 0.335 e. The van der Waals surface area contributed by atoms with E-state index in [-0.39, 0.29) is 35.8 Å². The molecule has 0 aliphatic rings. The van der Waals surface area contributed by atoms with E-state index in [0.29, 0.717) is 12.0 Å². The molecule has 0 spiro atoms. The molecule has 0 unspecified atom stereocenters. The van der Waals surface area contributed by atoms with Gasteiger partial charge in [-0.05, 0) is 48.8 Å². The molecule has 1 aromatic carbocycles. The summed E-state index contributed by atoms with van der Waals surface area (Å²) in [6, 6.07) is 2.57. The zero-order valence-electron chi connectivity index (χ0n) is 26.9. The first kappa shape index (κ1) is 38.0. The fourth-order valence-corrected chi connectivity index (χ4v) is 4.46. The number of nitrogens with one attached hydrogen (secondary N) is 5. The van der Waals surface area contributed by atoms with E-state index in [1.54, 1.807) is 39.8 Å². The van der Waals surface area contributed by atoms with Crippen molar-refractivity contribution in [3.8, 4) is 0 Å². The van der Waals surface area contributed by atoms with Gasteiger partial charge in [-0.1, -0.05) is 53.7 Å². The molecule has 0 saturated heterocycles. The molecule has 0 fully saturated rings. The maximum absolute atomic E-state index is 13.0. The fraction of sp³-hybridized carbons (Fsp3) is 0.613. The van der Waals surface area contributed by atoms with Crippen molar-refractivity contribution in [2.75, 3.05) is 0 Å². The first-order valence-corrected chi connectivity index (χ1v) is 14.9. The lowest BCUT2D eigenvalue weighted by Crippen LogP contribution is -2.56. The number of benzene rings is 1. The molecule has 0 aliphatic carbocycles. The summed E-state index contributed by atoms with van der Waals surface area (Å²) in [5.41, 5.74) is 0.666. The number of rotatable bonds is 17. The minimum atomic E-state index is -1.29. The van der Waals surface area contributed by atoms with Crippen molar-refractivity contribution >= 4 is 35.5 Å². The van der Waals surface area contributed by atoms with Crippen molar-refractivity contribution in [1.82, 2.24) is 26.6 Å². The Kier molecular flexibility index (Phi) is 15.5. The van der Waals surface area contributed by atoms with Crippen molar-refractivity contribution in [3.63, 3.8) is 0 Å². The summed E-state index contributed by atoms with van der Waals surface area (Å²) >= 11 is 0. The van der Waals surface area contributed by atoms with Gasteiger partial charge in [0.2, 0.25) is 29.5 Å². The van der Waals surface area contributed by atoms with Crippen LogP contribution in [0.5, 0.6) is 0 Å². The molecule has 13 nitrogen and oxygen atoms in total. The average Bonchev–Trinajstić information content (AvgIpc) is 2.92. The van der Waals surface area contributed by atoms with Gasteiger partial charge in [0.1, 0.15) is 18.1 Å². The molecule has 44 heavy (non-hydrogen) atoms. The van der Waals surface area contributed by atoms with Crippen LogP contribution in [-0.2, 0) is 30.5 Å². The van der Waals surface area contributed by atoms with Gasteiger partial charge in [0.25, 0.3) is 0 Å². The van der Waals surface area contributed by atoms with Gasteiger partial charge in [0.15, 0.2) is 0 Å². The van der Waals surface area contributed by atoms with Crippen LogP contribution in [0.2, 0.25) is 0 Å². The number of carboxylic acid groups (broad SMARTS) is 1. The van der Waals surface area contributed by atoms with Crippen molar-refractivity contribution < 1.29 is 39.0 Å². The molecular formula is C31H49N5O8. The average molecular weight is 620 g/mol. The van der Waals surface area contributed by atoms with E-state index in [0.717, 1.165) is 0 Å². The molecule has 1 rings (SSSR count). The van der Waals surface area contributed by atoms with Crippen LogP contribution in [0.25, 0.3) is 0 Å². The van der Waals surface area contributed by atoms with E-state index in [4.69, 9.17) is 0 Å². The van der Waals surface area contributed by atoms with Crippen LogP contribution < -0.4 is 26.6 Å². The molecule has 7 N–H and O–H groups in total. The number of aliphatic hydroxyl groups is 1. The van der Waals surface area contributed by atoms with Gasteiger partial charge in [-0.2, -0.15) is 0 Å². The van der Waals surface area contributed by atoms with Crippen LogP contribution in [0.4, 0.5) is 0 Å². The first-order chi connectivity index (χ1) is 20.4. The van der Waals surface area contributed by atoms with Gasteiger partial charge in [0, 0.05) is 13.5 Å². The lowest BCUT2D eigenvalue weighted by atomic mass is 9.96. The van der Waals surface area contributed by atoms with E-state index in [1.165, 1.54) is 26.0 Å². The minimum absolute atomic E-state index is 0.0433. The summed E-state index contributed by atoms with van der Waals surface area (Å²) in [5, 5.41) is 33.4. The van der Waals surface area contributed by atoms with E-state index < -0.39 is 66.3 Å². The maximum atomic E-state index is 13.0. The topological polar surface area (TPSA) is 203 Å². The molecule has 246 valence electrons. The summed E-state index contributed by atoms with van der Waals surface area (Å²) in [4.78, 5) is 74.2. The number of amides is 5. The predicted molar refractivity (Wildman–Crippen MR) is 164 cm³/mol. The van der Waals surface area contributed by atoms with Gasteiger partial charge < -0.3 is 36.8 Å². The normalized spacial score (nSPS) is 14.6. The zero-order valence-corrected chi connectivity index (χ0v) is 26.9. The zero-order chi connectivity index (χ0) is 33.7. The molecule has 5 atom stereocenters. The molecular weight excluding hydrogens is 570 g/mol. The molecule has 0 bridgehead atoms. The Morgan fingerprint density at radius 3 is 1.89 bits per heavy atom. The van der Waals surface area contributed by atoms with Crippen LogP contribution in [0.3, 0.4) is 0 Å². The largest absolute Gasteiger partial charge is 0.478 e. The standard InChI is InChI=1S/C31H49N5O8/c1-16(2)12-23(35-28(40)19(7)33-30(42)27(18(5)6)34-20(8)37)24(38)14-25(39)36-26(17(3)4)29(41)32-15-21-10-9-11-22(13-21)31(43)44/h9-11,13,16-19,23-24,26-27,38H,12,14-15H2,1-8H3,(H,32,41)(H,33,42)(H,34,37)(H,35,40)(H,36,39)(H,43,44)/t19-,23-,24-,26-,27-/m0/s1. The Labute approximate surface area is 259 Å². The van der Waals surface area contributed by atoms with Crippen LogP contribution in [0.1, 0.15) is 84.2 Å². The fourth-order valence-electron chi connectivity index (χ4n) is 4.46. The predicted octanol–water partition coefficient (Wildman–Crippen LogP) is 1.09. The van der Waals surface area contributed by atoms with Gasteiger partial charge in [0.05, 0.1) is 24.1 Å². The van der Waals surface area contributed by atoms with Crippen molar-refractivity contribution in [3.05, 3.63) is 35.4 Å². The van der Waals surface area contributed by atoms with E-state index >= 15 is 0 Å². The van der Waals surface area contributed by atoms with E-state index in [2.05, 4.69) is 26.6 Å². The molecule has 0 heterocycles. The van der Waals surface area contributed by atoms with Gasteiger partial charge in [-0.3, -0.25) is 24.0 Å². The Morgan fingerprint density at radius 2 is 1.36 bits per heavy atom. The van der Waals surface area contributed by atoms with Gasteiger partial charge >= 0.3 is 5.97 Å². The second kappa shape index (κ2) is 18.0. The Bertz CT molecular complexity index is 1170. The first-order valence-electron chi connectivity index (χ1n) is 14.9. The van der Waals surface area contributed by atoms with Crippen LogP contribution in [-0.4, -0.2) is 76.0 Å². The molecule has 0 aromatic heterocycles. The van der Waals surface area contributed by atoms with Crippen LogP contribution in [0, 0.1) is 17.8 Å². The summed E-state index contributed by atoms with van der Waals surface area (Å²) < 4.78 is 0. The van der Waals surface area contributed by atoms with Crippen molar-refractivity contribution in [2.24, 2.45) is 17.8 Å². The third-order valence-corrected chi connectivity index (χ3v) is 6.88. The summed E-state index contributed by atoms with van der Waals surface area (Å²) in [5.74, 6) is -4.10.